The van der Waals surface area contributed by atoms with Crippen LogP contribution in [-0.2, 0) is 14.8 Å². The average molecular weight is 437 g/mol. The SMILES string of the molecule is CCC(C(=O)NC(C)c1ccc(C)c(C)c1)N(c1ccc(C)c(Cl)c1)S(C)(=O)=O. The maximum atomic E-state index is 13.1. The molecule has 5 nitrogen and oxygen atoms in total. The Kier molecular flexibility index (Phi) is 7.35. The molecule has 0 aliphatic carbocycles. The summed E-state index contributed by atoms with van der Waals surface area (Å²) in [7, 11) is -3.70. The molecule has 0 saturated carbocycles. The van der Waals surface area contributed by atoms with Crippen molar-refractivity contribution >= 4 is 33.2 Å². The predicted molar refractivity (Wildman–Crippen MR) is 120 cm³/mol. The van der Waals surface area contributed by atoms with E-state index in [2.05, 4.69) is 5.32 Å². The standard InChI is InChI=1S/C22H29ClN2O3S/c1-7-21(22(26)24-17(5)18-10-8-14(2)16(4)12-18)25(29(6,27)28)19-11-9-15(3)20(23)13-19/h8-13,17,21H,7H2,1-6H3,(H,24,26). The molecule has 0 aliphatic rings. The van der Waals surface area contributed by atoms with E-state index in [0.717, 1.165) is 27.3 Å². The van der Waals surface area contributed by atoms with Crippen LogP contribution in [0.4, 0.5) is 5.69 Å². The number of hydrogen-bond donors (Lipinski definition) is 1. The lowest BCUT2D eigenvalue weighted by Crippen LogP contribution is -2.49. The summed E-state index contributed by atoms with van der Waals surface area (Å²) in [6, 6.07) is 9.90. The van der Waals surface area contributed by atoms with Crippen molar-refractivity contribution in [2.45, 2.75) is 53.1 Å². The number of nitrogens with one attached hydrogen (secondary N) is 1. The lowest BCUT2D eigenvalue weighted by atomic mass is 10.0. The highest BCUT2D eigenvalue weighted by atomic mass is 35.5. The van der Waals surface area contributed by atoms with E-state index >= 15 is 0 Å². The predicted octanol–water partition coefficient (Wildman–Crippen LogP) is 4.69. The fourth-order valence-corrected chi connectivity index (χ4v) is 4.58. The smallest absolute Gasteiger partial charge is 0.244 e. The van der Waals surface area contributed by atoms with Crippen molar-refractivity contribution in [3.63, 3.8) is 0 Å². The van der Waals surface area contributed by atoms with Crippen molar-refractivity contribution in [1.29, 1.82) is 0 Å². The van der Waals surface area contributed by atoms with E-state index in [9.17, 15) is 13.2 Å². The molecular weight excluding hydrogens is 408 g/mol. The number of aryl methyl sites for hydroxylation is 3. The summed E-state index contributed by atoms with van der Waals surface area (Å²) >= 11 is 6.21. The Morgan fingerprint density at radius 2 is 1.69 bits per heavy atom. The molecule has 1 N–H and O–H groups in total. The first-order valence-electron chi connectivity index (χ1n) is 9.58. The minimum atomic E-state index is -3.70. The Bertz CT molecular complexity index is 1010. The highest BCUT2D eigenvalue weighted by molar-refractivity contribution is 7.92. The first kappa shape index (κ1) is 23.2. The van der Waals surface area contributed by atoms with Crippen LogP contribution in [0.5, 0.6) is 0 Å². The van der Waals surface area contributed by atoms with Gasteiger partial charge in [0.1, 0.15) is 6.04 Å². The third kappa shape index (κ3) is 5.52. The molecule has 0 fully saturated rings. The van der Waals surface area contributed by atoms with Gasteiger partial charge < -0.3 is 5.32 Å². The van der Waals surface area contributed by atoms with E-state index in [1.807, 2.05) is 45.9 Å². The van der Waals surface area contributed by atoms with Gasteiger partial charge in [-0.3, -0.25) is 9.10 Å². The summed E-state index contributed by atoms with van der Waals surface area (Å²) in [4.78, 5) is 13.1. The van der Waals surface area contributed by atoms with E-state index in [1.165, 1.54) is 5.56 Å². The Labute approximate surface area is 179 Å². The highest BCUT2D eigenvalue weighted by Crippen LogP contribution is 2.28. The van der Waals surface area contributed by atoms with Crippen LogP contribution in [0, 0.1) is 20.8 Å². The topological polar surface area (TPSA) is 66.5 Å². The molecule has 2 aromatic carbocycles. The quantitative estimate of drug-likeness (QED) is 0.684. The average Bonchev–Trinajstić information content (AvgIpc) is 2.63. The van der Waals surface area contributed by atoms with E-state index in [0.29, 0.717) is 17.1 Å². The lowest BCUT2D eigenvalue weighted by molar-refractivity contribution is -0.122. The van der Waals surface area contributed by atoms with Crippen molar-refractivity contribution in [1.82, 2.24) is 5.32 Å². The second-order valence-corrected chi connectivity index (χ2v) is 9.76. The van der Waals surface area contributed by atoms with Gasteiger partial charge in [0.05, 0.1) is 18.0 Å². The van der Waals surface area contributed by atoms with Crippen molar-refractivity contribution < 1.29 is 13.2 Å². The molecule has 0 heterocycles. The largest absolute Gasteiger partial charge is 0.348 e. The summed E-state index contributed by atoms with van der Waals surface area (Å²) in [5.41, 5.74) is 4.51. The van der Waals surface area contributed by atoms with Gasteiger partial charge in [0.15, 0.2) is 0 Å². The molecule has 0 bridgehead atoms. The summed E-state index contributed by atoms with van der Waals surface area (Å²) in [6.07, 6.45) is 1.42. The third-order valence-corrected chi connectivity index (χ3v) is 6.72. The molecule has 0 aliphatic heterocycles. The normalized spacial score (nSPS) is 13.6. The van der Waals surface area contributed by atoms with Crippen LogP contribution in [0.25, 0.3) is 0 Å². The number of sulfonamides is 1. The number of carbonyl (C=O) groups is 1. The number of benzene rings is 2. The minimum Gasteiger partial charge on any atom is -0.348 e. The van der Waals surface area contributed by atoms with Crippen molar-refractivity contribution in [3.8, 4) is 0 Å². The molecule has 0 radical (unpaired) electrons. The van der Waals surface area contributed by atoms with E-state index < -0.39 is 16.1 Å². The van der Waals surface area contributed by atoms with Crippen LogP contribution in [0.1, 0.15) is 48.6 Å². The zero-order chi connectivity index (χ0) is 21.9. The third-order valence-electron chi connectivity index (χ3n) is 5.13. The zero-order valence-electron chi connectivity index (χ0n) is 17.8. The van der Waals surface area contributed by atoms with Crippen LogP contribution < -0.4 is 9.62 Å². The Balaban J connectivity index is 2.34. The maximum absolute atomic E-state index is 13.1. The molecule has 0 aromatic heterocycles. The van der Waals surface area contributed by atoms with Gasteiger partial charge in [-0.1, -0.05) is 42.8 Å². The first-order valence-corrected chi connectivity index (χ1v) is 11.8. The Hall–Kier alpha value is -2.05. The Morgan fingerprint density at radius 3 is 2.21 bits per heavy atom. The van der Waals surface area contributed by atoms with Gasteiger partial charge in [0.25, 0.3) is 0 Å². The van der Waals surface area contributed by atoms with Crippen molar-refractivity contribution in [2.24, 2.45) is 0 Å². The number of rotatable bonds is 7. The first-order chi connectivity index (χ1) is 13.5. The molecule has 7 heteroatoms. The van der Waals surface area contributed by atoms with E-state index in [-0.39, 0.29) is 11.9 Å². The lowest BCUT2D eigenvalue weighted by Gasteiger charge is -2.31. The minimum absolute atomic E-state index is 0.251. The number of anilines is 1. The fraction of sp³-hybridized carbons (Fsp3) is 0.409. The van der Waals surface area contributed by atoms with Crippen LogP contribution in [0.15, 0.2) is 36.4 Å². The van der Waals surface area contributed by atoms with E-state index in [1.54, 1.807) is 25.1 Å². The molecule has 2 rings (SSSR count). The molecular formula is C22H29ClN2O3S. The molecule has 2 aromatic rings. The second kappa shape index (κ2) is 9.18. The molecule has 0 spiro atoms. The monoisotopic (exact) mass is 436 g/mol. The number of nitrogens with zero attached hydrogens (tertiary/aromatic N) is 1. The van der Waals surface area contributed by atoms with Crippen LogP contribution in [0.2, 0.25) is 5.02 Å². The van der Waals surface area contributed by atoms with Gasteiger partial charge in [-0.25, -0.2) is 8.42 Å². The van der Waals surface area contributed by atoms with Gasteiger partial charge in [0.2, 0.25) is 15.9 Å². The molecule has 2 unspecified atom stereocenters. The van der Waals surface area contributed by atoms with Gasteiger partial charge in [-0.05, 0) is 68.5 Å². The van der Waals surface area contributed by atoms with Crippen LogP contribution >= 0.6 is 11.6 Å². The molecule has 158 valence electrons. The van der Waals surface area contributed by atoms with Crippen molar-refractivity contribution in [3.05, 3.63) is 63.7 Å². The number of carbonyl (C=O) groups excluding carboxylic acids is 1. The molecule has 2 atom stereocenters. The van der Waals surface area contributed by atoms with Gasteiger partial charge in [-0.15, -0.1) is 0 Å². The Morgan fingerprint density at radius 1 is 1.07 bits per heavy atom. The van der Waals surface area contributed by atoms with Gasteiger partial charge in [-0.2, -0.15) is 0 Å². The number of hydrogen-bond acceptors (Lipinski definition) is 3. The van der Waals surface area contributed by atoms with Crippen LogP contribution in [0.3, 0.4) is 0 Å². The van der Waals surface area contributed by atoms with Crippen molar-refractivity contribution in [2.75, 3.05) is 10.6 Å². The van der Waals surface area contributed by atoms with Crippen LogP contribution in [-0.4, -0.2) is 26.6 Å². The summed E-state index contributed by atoms with van der Waals surface area (Å²) in [6.45, 7) is 9.58. The van der Waals surface area contributed by atoms with E-state index in [4.69, 9.17) is 11.6 Å². The second-order valence-electron chi connectivity index (χ2n) is 7.49. The molecule has 0 saturated heterocycles. The van der Waals surface area contributed by atoms with Gasteiger partial charge >= 0.3 is 0 Å². The summed E-state index contributed by atoms with van der Waals surface area (Å²) in [5, 5.41) is 3.42. The zero-order valence-corrected chi connectivity index (χ0v) is 19.4. The number of amides is 1. The molecule has 1 amide bonds. The number of halogens is 1. The van der Waals surface area contributed by atoms with Gasteiger partial charge in [0, 0.05) is 5.02 Å². The summed E-state index contributed by atoms with van der Waals surface area (Å²) < 4.78 is 26.3. The molecule has 29 heavy (non-hydrogen) atoms. The summed E-state index contributed by atoms with van der Waals surface area (Å²) in [5.74, 6) is -0.347. The maximum Gasteiger partial charge on any atom is 0.244 e. The fourth-order valence-electron chi connectivity index (χ4n) is 3.21. The highest BCUT2D eigenvalue weighted by Gasteiger charge is 2.32.